The minimum Gasteiger partial charge on any atom is -0.396 e. The minimum atomic E-state index is -0.565. The quantitative estimate of drug-likeness (QED) is 0.742. The standard InChI is InChI=1S/C15H16O/c1-3-15(4-2,11-8-12-16)13-14-9-6-5-7-10-14/h1-2,5-7,9-10,16H,8,11-13H2. The van der Waals surface area contributed by atoms with Crippen molar-refractivity contribution in [1.29, 1.82) is 0 Å². The van der Waals surface area contributed by atoms with Gasteiger partial charge in [-0.3, -0.25) is 0 Å². The van der Waals surface area contributed by atoms with Gasteiger partial charge in [0.2, 0.25) is 0 Å². The van der Waals surface area contributed by atoms with Gasteiger partial charge in [0, 0.05) is 13.0 Å². The fraction of sp³-hybridized carbons (Fsp3) is 0.333. The number of benzene rings is 1. The first-order valence-corrected chi connectivity index (χ1v) is 5.36. The van der Waals surface area contributed by atoms with Crippen molar-refractivity contribution in [1.82, 2.24) is 0 Å². The summed E-state index contributed by atoms with van der Waals surface area (Å²) >= 11 is 0. The largest absolute Gasteiger partial charge is 0.396 e. The Labute approximate surface area is 97.5 Å². The maximum Gasteiger partial charge on any atom is 0.0954 e. The van der Waals surface area contributed by atoms with E-state index in [1.165, 1.54) is 0 Å². The summed E-state index contributed by atoms with van der Waals surface area (Å²) < 4.78 is 0. The molecule has 0 spiro atoms. The van der Waals surface area contributed by atoms with Gasteiger partial charge in [0.1, 0.15) is 0 Å². The van der Waals surface area contributed by atoms with Crippen molar-refractivity contribution < 1.29 is 5.11 Å². The Morgan fingerprint density at radius 3 is 2.25 bits per heavy atom. The molecule has 1 aromatic rings. The third-order valence-corrected chi connectivity index (χ3v) is 2.66. The molecule has 0 radical (unpaired) electrons. The summed E-state index contributed by atoms with van der Waals surface area (Å²) in [6.07, 6.45) is 13.0. The Bertz CT molecular complexity index is 378. The molecule has 0 unspecified atom stereocenters. The highest BCUT2D eigenvalue weighted by Gasteiger charge is 2.24. The third-order valence-electron chi connectivity index (χ3n) is 2.66. The molecular weight excluding hydrogens is 196 g/mol. The van der Waals surface area contributed by atoms with E-state index in [1.54, 1.807) is 0 Å². The second-order valence-electron chi connectivity index (χ2n) is 3.86. The summed E-state index contributed by atoms with van der Waals surface area (Å²) in [6.45, 7) is 0.125. The molecule has 0 saturated heterocycles. The molecule has 0 bridgehead atoms. The normalized spacial score (nSPS) is 10.4. The minimum absolute atomic E-state index is 0.125. The molecule has 0 aliphatic heterocycles. The zero-order valence-electron chi connectivity index (χ0n) is 9.32. The molecule has 0 fully saturated rings. The lowest BCUT2D eigenvalue weighted by Crippen LogP contribution is -2.20. The Hall–Kier alpha value is -1.70. The highest BCUT2D eigenvalue weighted by Crippen LogP contribution is 2.27. The number of aliphatic hydroxyl groups excluding tert-OH is 1. The van der Waals surface area contributed by atoms with Crippen LogP contribution in [0.15, 0.2) is 30.3 Å². The van der Waals surface area contributed by atoms with Gasteiger partial charge < -0.3 is 5.11 Å². The summed E-state index contributed by atoms with van der Waals surface area (Å²) in [6, 6.07) is 9.94. The fourth-order valence-corrected chi connectivity index (χ4v) is 1.70. The van der Waals surface area contributed by atoms with Gasteiger partial charge in [-0.2, -0.15) is 0 Å². The van der Waals surface area contributed by atoms with Crippen molar-refractivity contribution in [2.75, 3.05) is 6.61 Å². The van der Waals surface area contributed by atoms with Gasteiger partial charge in [-0.25, -0.2) is 0 Å². The fourth-order valence-electron chi connectivity index (χ4n) is 1.70. The topological polar surface area (TPSA) is 20.2 Å². The number of terminal acetylenes is 2. The van der Waals surface area contributed by atoms with Gasteiger partial charge in [0.25, 0.3) is 0 Å². The third kappa shape index (κ3) is 3.16. The summed E-state index contributed by atoms with van der Waals surface area (Å²) in [5, 5.41) is 8.85. The van der Waals surface area contributed by atoms with Crippen molar-refractivity contribution >= 4 is 0 Å². The maximum absolute atomic E-state index is 8.85. The average Bonchev–Trinajstić information content (AvgIpc) is 2.36. The number of rotatable bonds is 5. The first-order chi connectivity index (χ1) is 7.76. The summed E-state index contributed by atoms with van der Waals surface area (Å²) in [5.41, 5.74) is 0.570. The van der Waals surface area contributed by atoms with Crippen molar-refractivity contribution in [2.45, 2.75) is 19.3 Å². The van der Waals surface area contributed by atoms with Crippen LogP contribution in [-0.2, 0) is 6.42 Å². The number of hydrogen-bond acceptors (Lipinski definition) is 1. The van der Waals surface area contributed by atoms with Crippen LogP contribution < -0.4 is 0 Å². The molecular formula is C15H16O. The smallest absolute Gasteiger partial charge is 0.0954 e. The van der Waals surface area contributed by atoms with E-state index < -0.39 is 5.41 Å². The van der Waals surface area contributed by atoms with E-state index in [2.05, 4.69) is 11.8 Å². The van der Waals surface area contributed by atoms with Crippen molar-refractivity contribution in [3.05, 3.63) is 35.9 Å². The van der Waals surface area contributed by atoms with Crippen LogP contribution >= 0.6 is 0 Å². The van der Waals surface area contributed by atoms with Crippen LogP contribution in [0, 0.1) is 30.1 Å². The number of hydrogen-bond donors (Lipinski definition) is 1. The Kier molecular flexibility index (Phi) is 4.65. The van der Waals surface area contributed by atoms with E-state index in [1.807, 2.05) is 30.3 Å². The van der Waals surface area contributed by atoms with Crippen LogP contribution in [-0.4, -0.2) is 11.7 Å². The second-order valence-corrected chi connectivity index (χ2v) is 3.86. The Morgan fingerprint density at radius 1 is 1.12 bits per heavy atom. The van der Waals surface area contributed by atoms with Gasteiger partial charge in [0.15, 0.2) is 0 Å². The lowest BCUT2D eigenvalue weighted by atomic mass is 9.79. The predicted molar refractivity (Wildman–Crippen MR) is 66.6 cm³/mol. The van der Waals surface area contributed by atoms with Crippen LogP contribution in [0.1, 0.15) is 18.4 Å². The van der Waals surface area contributed by atoms with Gasteiger partial charge >= 0.3 is 0 Å². The average molecular weight is 212 g/mol. The molecule has 1 N–H and O–H groups in total. The van der Waals surface area contributed by atoms with Crippen LogP contribution in [0.2, 0.25) is 0 Å². The van der Waals surface area contributed by atoms with E-state index >= 15 is 0 Å². The highest BCUT2D eigenvalue weighted by atomic mass is 16.2. The zero-order valence-corrected chi connectivity index (χ0v) is 9.32. The summed E-state index contributed by atoms with van der Waals surface area (Å²) in [7, 11) is 0. The molecule has 1 aromatic carbocycles. The Morgan fingerprint density at radius 2 is 1.75 bits per heavy atom. The highest BCUT2D eigenvalue weighted by molar-refractivity contribution is 5.28. The molecule has 0 aliphatic rings. The van der Waals surface area contributed by atoms with Crippen LogP contribution in [0.5, 0.6) is 0 Å². The van der Waals surface area contributed by atoms with E-state index in [9.17, 15) is 0 Å². The first-order valence-electron chi connectivity index (χ1n) is 5.36. The van der Waals surface area contributed by atoms with Crippen LogP contribution in [0.25, 0.3) is 0 Å². The lowest BCUT2D eigenvalue weighted by molar-refractivity contribution is 0.269. The molecule has 0 saturated carbocycles. The van der Waals surface area contributed by atoms with E-state index in [0.717, 1.165) is 5.56 Å². The van der Waals surface area contributed by atoms with Crippen molar-refractivity contribution in [3.63, 3.8) is 0 Å². The summed E-state index contributed by atoms with van der Waals surface area (Å²) in [4.78, 5) is 0. The first kappa shape index (κ1) is 12.4. The van der Waals surface area contributed by atoms with E-state index in [4.69, 9.17) is 18.0 Å². The molecule has 1 nitrogen and oxygen atoms in total. The SMILES string of the molecule is C#CC(C#C)(CCCO)Cc1ccccc1. The molecule has 0 atom stereocenters. The van der Waals surface area contributed by atoms with E-state index in [-0.39, 0.29) is 6.61 Å². The zero-order chi connectivity index (χ0) is 11.9. The molecule has 1 heteroatoms. The van der Waals surface area contributed by atoms with Gasteiger partial charge in [0.05, 0.1) is 5.41 Å². The number of aliphatic hydroxyl groups is 1. The van der Waals surface area contributed by atoms with E-state index in [0.29, 0.717) is 19.3 Å². The second kappa shape index (κ2) is 6.01. The molecule has 1 rings (SSSR count). The molecule has 0 aromatic heterocycles. The van der Waals surface area contributed by atoms with Crippen LogP contribution in [0.4, 0.5) is 0 Å². The molecule has 0 amide bonds. The molecule has 16 heavy (non-hydrogen) atoms. The van der Waals surface area contributed by atoms with Gasteiger partial charge in [-0.15, -0.1) is 12.8 Å². The molecule has 0 aliphatic carbocycles. The van der Waals surface area contributed by atoms with Gasteiger partial charge in [-0.1, -0.05) is 42.2 Å². The molecule has 82 valence electrons. The molecule has 0 heterocycles. The maximum atomic E-state index is 8.85. The van der Waals surface area contributed by atoms with Crippen molar-refractivity contribution in [3.8, 4) is 24.7 Å². The van der Waals surface area contributed by atoms with Crippen molar-refractivity contribution in [2.24, 2.45) is 5.41 Å². The predicted octanol–water partition coefficient (Wildman–Crippen LogP) is 2.25. The summed E-state index contributed by atoms with van der Waals surface area (Å²) in [5.74, 6) is 5.40. The van der Waals surface area contributed by atoms with Crippen LogP contribution in [0.3, 0.4) is 0 Å². The monoisotopic (exact) mass is 212 g/mol. The lowest BCUT2D eigenvalue weighted by Gasteiger charge is -2.22. The van der Waals surface area contributed by atoms with Gasteiger partial charge in [-0.05, 0) is 18.4 Å². The Balaban J connectivity index is 2.81.